The molecule has 5 rings (SSSR count). The number of ether oxygens (including phenoxy) is 2. The summed E-state index contributed by atoms with van der Waals surface area (Å²) in [5.41, 5.74) is -0.423. The zero-order chi connectivity index (χ0) is 27.3. The van der Waals surface area contributed by atoms with E-state index in [2.05, 4.69) is 0 Å². The van der Waals surface area contributed by atoms with Gasteiger partial charge in [0.05, 0.1) is 28.9 Å². The van der Waals surface area contributed by atoms with E-state index in [9.17, 15) is 26.0 Å². The van der Waals surface area contributed by atoms with Crippen LogP contribution in [0.2, 0.25) is 5.02 Å². The highest BCUT2D eigenvalue weighted by Crippen LogP contribution is 2.55. The molecule has 3 atom stereocenters. The third-order valence-electron chi connectivity index (χ3n) is 7.61. The average Bonchev–Trinajstić information content (AvgIpc) is 2.83. The molecule has 0 aromatic heterocycles. The second-order valence-corrected chi connectivity index (χ2v) is 14.6. The maximum atomic E-state index is 15.4. The summed E-state index contributed by atoms with van der Waals surface area (Å²) in [4.78, 5) is 13.5. The van der Waals surface area contributed by atoms with Gasteiger partial charge >= 0.3 is 0 Å². The van der Waals surface area contributed by atoms with Crippen LogP contribution in [0, 0.1) is 17.6 Å². The highest BCUT2D eigenvalue weighted by Gasteiger charge is 2.61. The predicted octanol–water partition coefficient (Wildman–Crippen LogP) is 3.12. The summed E-state index contributed by atoms with van der Waals surface area (Å²) >= 11 is 5.96. The minimum atomic E-state index is -4.40. The molecular formula is C25H26ClF2NO7S2. The lowest BCUT2D eigenvalue weighted by Gasteiger charge is -2.50. The summed E-state index contributed by atoms with van der Waals surface area (Å²) in [7, 11) is -8.24. The molecule has 0 aliphatic carbocycles. The van der Waals surface area contributed by atoms with E-state index in [1.807, 2.05) is 0 Å². The standard InChI is InChI=1S/C25H26ClF2NO7S2/c26-16-2-4-17(5-3-16)38(33,34)25-9-12-35-21(8-13-37(31,32)15-22(30)29-10-1-11-29)18(25)14-36-24-20(28)7-6-19(27)23(24)25/h2-7,18,21H,1,8-15H2/t18-,21-,25-/m0/s1. The Morgan fingerprint density at radius 2 is 1.74 bits per heavy atom. The van der Waals surface area contributed by atoms with Crippen molar-refractivity contribution >= 4 is 37.2 Å². The van der Waals surface area contributed by atoms with Crippen LogP contribution in [0.25, 0.3) is 0 Å². The van der Waals surface area contributed by atoms with Gasteiger partial charge < -0.3 is 14.4 Å². The molecule has 3 heterocycles. The molecule has 8 nitrogen and oxygen atoms in total. The normalized spacial score (nSPS) is 25.1. The molecule has 0 radical (unpaired) electrons. The Kier molecular flexibility index (Phi) is 7.21. The van der Waals surface area contributed by atoms with Crippen molar-refractivity contribution in [1.29, 1.82) is 0 Å². The van der Waals surface area contributed by atoms with Crippen LogP contribution in [0.5, 0.6) is 5.75 Å². The lowest BCUT2D eigenvalue weighted by Crippen LogP contribution is -2.57. The third-order valence-corrected chi connectivity index (χ3v) is 12.0. The summed E-state index contributed by atoms with van der Waals surface area (Å²) in [6.45, 7) is 0.561. The van der Waals surface area contributed by atoms with Crippen molar-refractivity contribution in [3.8, 4) is 5.75 Å². The van der Waals surface area contributed by atoms with Gasteiger partial charge in [-0.1, -0.05) is 11.6 Å². The molecule has 0 N–H and O–H groups in total. The minimum absolute atomic E-state index is 0.142. The zero-order valence-electron chi connectivity index (χ0n) is 20.2. The van der Waals surface area contributed by atoms with E-state index < -0.39 is 76.8 Å². The van der Waals surface area contributed by atoms with Gasteiger partial charge in [0.15, 0.2) is 31.2 Å². The number of hydrogen-bond donors (Lipinski definition) is 0. The van der Waals surface area contributed by atoms with Gasteiger partial charge in [-0.05, 0) is 55.7 Å². The Morgan fingerprint density at radius 3 is 2.39 bits per heavy atom. The average molecular weight is 590 g/mol. The third kappa shape index (κ3) is 4.59. The van der Waals surface area contributed by atoms with Crippen LogP contribution >= 0.6 is 11.6 Å². The van der Waals surface area contributed by atoms with Crippen LogP contribution in [0.1, 0.15) is 24.8 Å². The highest BCUT2D eigenvalue weighted by molar-refractivity contribution is 7.92. The van der Waals surface area contributed by atoms with Gasteiger partial charge in [-0.3, -0.25) is 4.79 Å². The van der Waals surface area contributed by atoms with Crippen LogP contribution in [0.3, 0.4) is 0 Å². The molecule has 2 aromatic rings. The number of carbonyl (C=O) groups excluding carboxylic acids is 1. The van der Waals surface area contributed by atoms with E-state index in [0.29, 0.717) is 18.1 Å². The van der Waals surface area contributed by atoms with Gasteiger partial charge in [0.1, 0.15) is 16.3 Å². The largest absolute Gasteiger partial charge is 0.490 e. The van der Waals surface area contributed by atoms with Crippen molar-refractivity contribution in [1.82, 2.24) is 4.90 Å². The molecule has 206 valence electrons. The number of halogens is 3. The molecule has 0 spiro atoms. The molecule has 0 bridgehead atoms. The van der Waals surface area contributed by atoms with E-state index >= 15 is 4.39 Å². The van der Waals surface area contributed by atoms with Crippen molar-refractivity contribution in [3.05, 3.63) is 58.6 Å². The Hall–Kier alpha value is -2.28. The van der Waals surface area contributed by atoms with Crippen LogP contribution in [-0.4, -0.2) is 71.6 Å². The number of nitrogens with zero attached hydrogens (tertiary/aromatic N) is 1. The van der Waals surface area contributed by atoms with Crippen molar-refractivity contribution in [2.24, 2.45) is 5.92 Å². The lowest BCUT2D eigenvalue weighted by atomic mass is 9.75. The molecule has 2 saturated heterocycles. The maximum absolute atomic E-state index is 15.4. The van der Waals surface area contributed by atoms with E-state index in [-0.39, 0.29) is 31.0 Å². The van der Waals surface area contributed by atoms with Crippen LogP contribution < -0.4 is 4.74 Å². The summed E-state index contributed by atoms with van der Waals surface area (Å²) in [6, 6.07) is 7.10. The Balaban J connectivity index is 1.53. The van der Waals surface area contributed by atoms with Crippen molar-refractivity contribution in [2.75, 3.05) is 37.8 Å². The number of benzene rings is 2. The van der Waals surface area contributed by atoms with Crippen LogP contribution in [-0.2, 0) is 34.0 Å². The smallest absolute Gasteiger partial charge is 0.237 e. The monoisotopic (exact) mass is 589 g/mol. The molecule has 3 aliphatic heterocycles. The number of likely N-dealkylation sites (tertiary alicyclic amines) is 1. The molecule has 3 aliphatic rings. The van der Waals surface area contributed by atoms with Crippen LogP contribution in [0.15, 0.2) is 41.3 Å². The van der Waals surface area contributed by atoms with Crippen molar-refractivity contribution < 1.29 is 39.9 Å². The number of hydrogen-bond acceptors (Lipinski definition) is 7. The molecule has 38 heavy (non-hydrogen) atoms. The van der Waals surface area contributed by atoms with Gasteiger partial charge in [-0.25, -0.2) is 25.6 Å². The molecule has 0 saturated carbocycles. The quantitative estimate of drug-likeness (QED) is 0.488. The van der Waals surface area contributed by atoms with Crippen molar-refractivity contribution in [2.45, 2.75) is 35.0 Å². The number of fused-ring (bicyclic) bond motifs is 3. The van der Waals surface area contributed by atoms with Crippen LogP contribution in [0.4, 0.5) is 8.78 Å². The second kappa shape index (κ2) is 10.0. The molecule has 0 unspecified atom stereocenters. The van der Waals surface area contributed by atoms with E-state index in [0.717, 1.165) is 18.6 Å². The molecule has 13 heteroatoms. The SMILES string of the molecule is O=C(CS(=O)(=O)CC[C@@H]1OCC[C@@]2(S(=O)(=O)c3ccc(Cl)cc3)c3c(F)ccc(F)c3OC[C@@H]12)N1CCC1. The fourth-order valence-electron chi connectivity index (χ4n) is 5.55. The van der Waals surface area contributed by atoms with E-state index in [4.69, 9.17) is 21.1 Å². The summed E-state index contributed by atoms with van der Waals surface area (Å²) in [6.07, 6.45) is -0.494. The van der Waals surface area contributed by atoms with Gasteiger partial charge in [0.25, 0.3) is 0 Å². The summed E-state index contributed by atoms with van der Waals surface area (Å²) in [5.74, 6) is -4.96. The Labute approximate surface area is 224 Å². The topological polar surface area (TPSA) is 107 Å². The van der Waals surface area contributed by atoms with Gasteiger partial charge in [0, 0.05) is 30.6 Å². The van der Waals surface area contributed by atoms with Gasteiger partial charge in [-0.2, -0.15) is 0 Å². The summed E-state index contributed by atoms with van der Waals surface area (Å²) in [5, 5.41) is 0.297. The first-order valence-corrected chi connectivity index (χ1v) is 15.9. The number of sulfone groups is 2. The first kappa shape index (κ1) is 27.3. The zero-order valence-corrected chi connectivity index (χ0v) is 22.6. The summed E-state index contributed by atoms with van der Waals surface area (Å²) < 4.78 is 93.7. The first-order valence-electron chi connectivity index (χ1n) is 12.2. The number of amides is 1. The van der Waals surface area contributed by atoms with Crippen molar-refractivity contribution in [3.63, 3.8) is 0 Å². The minimum Gasteiger partial charge on any atom is -0.490 e. The second-order valence-electron chi connectivity index (χ2n) is 9.77. The fourth-order valence-corrected chi connectivity index (χ4v) is 9.31. The molecule has 1 amide bonds. The van der Waals surface area contributed by atoms with Gasteiger partial charge in [-0.15, -0.1) is 0 Å². The lowest BCUT2D eigenvalue weighted by molar-refractivity contribution is -0.131. The highest BCUT2D eigenvalue weighted by atomic mass is 35.5. The molecular weight excluding hydrogens is 564 g/mol. The molecule has 2 fully saturated rings. The molecule has 2 aromatic carbocycles. The van der Waals surface area contributed by atoms with E-state index in [1.54, 1.807) is 0 Å². The number of carbonyl (C=O) groups is 1. The fraction of sp³-hybridized carbons (Fsp3) is 0.480. The Bertz CT molecular complexity index is 1460. The maximum Gasteiger partial charge on any atom is 0.237 e. The van der Waals surface area contributed by atoms with Gasteiger partial charge in [0.2, 0.25) is 5.91 Å². The Morgan fingerprint density at radius 1 is 1.05 bits per heavy atom. The first-order chi connectivity index (χ1) is 18.0. The predicted molar refractivity (Wildman–Crippen MR) is 134 cm³/mol. The van der Waals surface area contributed by atoms with E-state index in [1.165, 1.54) is 29.2 Å². The number of rotatable bonds is 7.